The standard InChI is InChI=1S/C21H14Cl2N2O3S3/c1-28-17-5-4-12(9-14(17)22)25-20(27)15(10-13-3-2-8-29-13)24-21(25)30-11-16(26)18-6-7-19(23)31-18/h2-10H,11H2,1H3. The van der Waals surface area contributed by atoms with Gasteiger partial charge < -0.3 is 4.74 Å². The van der Waals surface area contributed by atoms with Crippen LogP contribution in [0.3, 0.4) is 0 Å². The molecule has 3 aromatic rings. The second kappa shape index (κ2) is 9.58. The average Bonchev–Trinajstić information content (AvgIpc) is 3.48. The highest BCUT2D eigenvalue weighted by atomic mass is 35.5. The molecule has 158 valence electrons. The van der Waals surface area contributed by atoms with Crippen molar-refractivity contribution in [2.75, 3.05) is 17.8 Å². The molecule has 2 aromatic heterocycles. The van der Waals surface area contributed by atoms with Gasteiger partial charge in [-0.2, -0.15) is 0 Å². The van der Waals surface area contributed by atoms with Crippen LogP contribution in [0, 0.1) is 0 Å². The van der Waals surface area contributed by atoms with E-state index in [1.54, 1.807) is 36.4 Å². The number of halogens is 2. The van der Waals surface area contributed by atoms with Gasteiger partial charge in [-0.05, 0) is 47.9 Å². The van der Waals surface area contributed by atoms with Gasteiger partial charge in [-0.25, -0.2) is 4.99 Å². The third-order valence-corrected chi connectivity index (χ3v) is 7.55. The summed E-state index contributed by atoms with van der Waals surface area (Å²) >= 11 is 16.1. The lowest BCUT2D eigenvalue weighted by molar-refractivity contribution is -0.113. The predicted molar refractivity (Wildman–Crippen MR) is 131 cm³/mol. The molecule has 1 aromatic carbocycles. The first kappa shape index (κ1) is 22.1. The molecule has 1 aliphatic rings. The quantitative estimate of drug-likeness (QED) is 0.282. The van der Waals surface area contributed by atoms with E-state index in [4.69, 9.17) is 27.9 Å². The minimum Gasteiger partial charge on any atom is -0.495 e. The van der Waals surface area contributed by atoms with E-state index in [1.165, 1.54) is 46.4 Å². The van der Waals surface area contributed by atoms with Crippen LogP contribution >= 0.6 is 57.6 Å². The Balaban J connectivity index is 1.64. The van der Waals surface area contributed by atoms with Gasteiger partial charge in [0.1, 0.15) is 11.4 Å². The highest BCUT2D eigenvalue weighted by molar-refractivity contribution is 8.14. The van der Waals surface area contributed by atoms with E-state index in [9.17, 15) is 9.59 Å². The second-order valence-corrected chi connectivity index (χ2v) is 10.3. The molecule has 1 aliphatic heterocycles. The molecule has 1 amide bonds. The highest BCUT2D eigenvalue weighted by Crippen LogP contribution is 2.35. The molecular formula is C21H14Cl2N2O3S3. The van der Waals surface area contributed by atoms with Crippen LogP contribution in [0.4, 0.5) is 5.69 Å². The second-order valence-electron chi connectivity index (χ2n) is 6.21. The van der Waals surface area contributed by atoms with Gasteiger partial charge in [0.15, 0.2) is 11.0 Å². The average molecular weight is 509 g/mol. The van der Waals surface area contributed by atoms with Gasteiger partial charge in [0, 0.05) is 4.88 Å². The monoisotopic (exact) mass is 508 g/mol. The maximum absolute atomic E-state index is 13.2. The van der Waals surface area contributed by atoms with Gasteiger partial charge in [-0.1, -0.05) is 41.0 Å². The zero-order valence-corrected chi connectivity index (χ0v) is 20.0. The summed E-state index contributed by atoms with van der Waals surface area (Å²) < 4.78 is 5.76. The smallest absolute Gasteiger partial charge is 0.283 e. The summed E-state index contributed by atoms with van der Waals surface area (Å²) in [6, 6.07) is 12.3. The van der Waals surface area contributed by atoms with Crippen molar-refractivity contribution in [2.45, 2.75) is 0 Å². The molecule has 0 aliphatic carbocycles. The number of methoxy groups -OCH3 is 1. The number of thiophene rings is 2. The molecule has 3 heterocycles. The summed E-state index contributed by atoms with van der Waals surface area (Å²) in [5.41, 5.74) is 0.840. The number of rotatable bonds is 6. The Labute approximate surface area is 201 Å². The van der Waals surface area contributed by atoms with Crippen molar-refractivity contribution < 1.29 is 14.3 Å². The first-order chi connectivity index (χ1) is 15.0. The summed E-state index contributed by atoms with van der Waals surface area (Å²) in [6.07, 6.45) is 1.74. The number of aliphatic imine (C=N–C) groups is 1. The first-order valence-corrected chi connectivity index (χ1v) is 12.3. The fourth-order valence-electron chi connectivity index (χ4n) is 2.79. The van der Waals surface area contributed by atoms with Crippen molar-refractivity contribution >= 4 is 86.3 Å². The number of carbonyl (C=O) groups is 2. The van der Waals surface area contributed by atoms with Gasteiger partial charge in [0.2, 0.25) is 0 Å². The number of hydrogen-bond donors (Lipinski definition) is 0. The lowest BCUT2D eigenvalue weighted by Crippen LogP contribution is -2.30. The number of nitrogens with zero attached hydrogens (tertiary/aromatic N) is 2. The van der Waals surface area contributed by atoms with Gasteiger partial charge >= 0.3 is 0 Å². The topological polar surface area (TPSA) is 59.0 Å². The molecule has 0 bridgehead atoms. The van der Waals surface area contributed by atoms with Crippen molar-refractivity contribution in [2.24, 2.45) is 4.99 Å². The summed E-state index contributed by atoms with van der Waals surface area (Å²) in [5, 5.41) is 2.71. The van der Waals surface area contributed by atoms with Crippen molar-refractivity contribution in [1.82, 2.24) is 0 Å². The fraction of sp³-hybridized carbons (Fsp3) is 0.0952. The fourth-order valence-corrected chi connectivity index (χ4v) is 5.66. The summed E-state index contributed by atoms with van der Waals surface area (Å²) in [7, 11) is 1.52. The molecule has 0 spiro atoms. The van der Waals surface area contributed by atoms with E-state index < -0.39 is 0 Å². The van der Waals surface area contributed by atoms with Gasteiger partial charge in [-0.3, -0.25) is 14.5 Å². The SMILES string of the molecule is COc1ccc(N2C(=O)C(=Cc3cccs3)N=C2SCC(=O)c2ccc(Cl)s2)cc1Cl. The normalized spacial score (nSPS) is 14.9. The Morgan fingerprint density at radius 2 is 2.10 bits per heavy atom. The van der Waals surface area contributed by atoms with Gasteiger partial charge in [0.25, 0.3) is 5.91 Å². The molecule has 0 radical (unpaired) electrons. The van der Waals surface area contributed by atoms with Gasteiger partial charge in [0.05, 0.1) is 32.8 Å². The number of amides is 1. The van der Waals surface area contributed by atoms with E-state index in [0.717, 1.165) is 4.88 Å². The maximum Gasteiger partial charge on any atom is 0.283 e. The van der Waals surface area contributed by atoms with Crippen molar-refractivity contribution in [3.05, 3.63) is 72.7 Å². The molecule has 0 saturated carbocycles. The Kier molecular flexibility index (Phi) is 6.83. The number of benzene rings is 1. The van der Waals surface area contributed by atoms with Crippen molar-refractivity contribution in [1.29, 1.82) is 0 Å². The molecule has 0 unspecified atom stereocenters. The Morgan fingerprint density at radius 1 is 1.26 bits per heavy atom. The lowest BCUT2D eigenvalue weighted by atomic mass is 10.2. The van der Waals surface area contributed by atoms with Crippen LogP contribution in [0.5, 0.6) is 5.75 Å². The van der Waals surface area contributed by atoms with Crippen LogP contribution in [0.15, 0.2) is 58.5 Å². The number of hydrogen-bond acceptors (Lipinski definition) is 7. The molecule has 5 nitrogen and oxygen atoms in total. The number of amidine groups is 1. The third-order valence-electron chi connectivity index (χ3n) is 4.23. The molecule has 0 atom stereocenters. The Morgan fingerprint density at radius 3 is 2.74 bits per heavy atom. The maximum atomic E-state index is 13.2. The van der Waals surface area contributed by atoms with Crippen LogP contribution in [-0.2, 0) is 4.79 Å². The van der Waals surface area contributed by atoms with Crippen molar-refractivity contribution in [3.63, 3.8) is 0 Å². The number of carbonyl (C=O) groups excluding carboxylic acids is 2. The number of Topliss-reactive ketones (excluding diaryl/α,β-unsaturated/α-hetero) is 1. The zero-order valence-electron chi connectivity index (χ0n) is 16.0. The third kappa shape index (κ3) is 4.88. The molecule has 0 saturated heterocycles. The van der Waals surface area contributed by atoms with E-state index in [1.807, 2.05) is 17.5 Å². The molecular weight excluding hydrogens is 495 g/mol. The minimum atomic E-state index is -0.288. The minimum absolute atomic E-state index is 0.0829. The van der Waals surface area contributed by atoms with E-state index >= 15 is 0 Å². The highest BCUT2D eigenvalue weighted by Gasteiger charge is 2.33. The van der Waals surface area contributed by atoms with Gasteiger partial charge in [-0.15, -0.1) is 22.7 Å². The number of thioether (sulfide) groups is 1. The Hall–Kier alpha value is -2.10. The number of ether oxygens (including phenoxy) is 1. The first-order valence-electron chi connectivity index (χ1n) is 8.89. The van der Waals surface area contributed by atoms with Crippen molar-refractivity contribution in [3.8, 4) is 5.75 Å². The molecule has 0 fully saturated rings. The summed E-state index contributed by atoms with van der Waals surface area (Å²) in [6.45, 7) is 0. The van der Waals surface area contributed by atoms with Crippen LogP contribution in [0.1, 0.15) is 14.5 Å². The van der Waals surface area contributed by atoms with E-state index in [-0.39, 0.29) is 17.4 Å². The molecule has 4 rings (SSSR count). The summed E-state index contributed by atoms with van der Waals surface area (Å²) in [5.74, 6) is 0.252. The predicted octanol–water partition coefficient (Wildman–Crippen LogP) is 6.48. The molecule has 0 N–H and O–H groups in total. The largest absolute Gasteiger partial charge is 0.495 e. The number of ketones is 1. The van der Waals surface area contributed by atoms with Crippen LogP contribution in [0.25, 0.3) is 6.08 Å². The lowest BCUT2D eigenvalue weighted by Gasteiger charge is -2.18. The van der Waals surface area contributed by atoms with E-state index in [0.29, 0.717) is 36.5 Å². The van der Waals surface area contributed by atoms with Crippen LogP contribution in [0.2, 0.25) is 9.36 Å². The molecule has 31 heavy (non-hydrogen) atoms. The number of anilines is 1. The summed E-state index contributed by atoms with van der Waals surface area (Å²) in [4.78, 5) is 33.2. The molecule has 10 heteroatoms. The van der Waals surface area contributed by atoms with Crippen LogP contribution in [-0.4, -0.2) is 29.7 Å². The zero-order chi connectivity index (χ0) is 22.0. The van der Waals surface area contributed by atoms with E-state index in [2.05, 4.69) is 4.99 Å². The van der Waals surface area contributed by atoms with Crippen LogP contribution < -0.4 is 9.64 Å². The Bertz CT molecular complexity index is 1200.